The summed E-state index contributed by atoms with van der Waals surface area (Å²) in [6, 6.07) is 9.10. The lowest BCUT2D eigenvalue weighted by Crippen LogP contribution is -2.37. The topological polar surface area (TPSA) is 54.5 Å². The fourth-order valence-electron chi connectivity index (χ4n) is 2.98. The second-order valence-corrected chi connectivity index (χ2v) is 6.24. The number of guanidine groups is 1. The zero-order valence-corrected chi connectivity index (χ0v) is 12.5. The minimum Gasteiger partial charge on any atom is -0.370 e. The average molecular weight is 331 g/mol. The van der Waals surface area contributed by atoms with Gasteiger partial charge in [0.05, 0.1) is 18.1 Å². The number of fused-ring (bicyclic) bond motifs is 1. The van der Waals surface area contributed by atoms with Crippen molar-refractivity contribution in [1.29, 1.82) is 0 Å². The monoisotopic (exact) mass is 330 g/mol. The highest BCUT2D eigenvalue weighted by atomic mass is 79.9. The Labute approximate surface area is 125 Å². The number of hydrogen-bond donors (Lipinski definition) is 1. The first-order chi connectivity index (χ1) is 9.75. The predicted octanol–water partition coefficient (Wildman–Crippen LogP) is 2.83. The predicted molar refractivity (Wildman–Crippen MR) is 83.5 cm³/mol. The normalized spacial score (nSPS) is 22.4. The van der Waals surface area contributed by atoms with Gasteiger partial charge in [-0.05, 0) is 25.0 Å². The summed E-state index contributed by atoms with van der Waals surface area (Å²) in [4.78, 5) is 11.3. The van der Waals surface area contributed by atoms with E-state index in [1.54, 1.807) is 0 Å². The van der Waals surface area contributed by atoms with E-state index >= 15 is 0 Å². The van der Waals surface area contributed by atoms with Gasteiger partial charge in [0.15, 0.2) is 5.96 Å². The first-order valence-electron chi connectivity index (χ1n) is 6.87. The number of aliphatic imine (C=N–C) groups is 1. The fourth-order valence-corrected chi connectivity index (χ4v) is 3.43. The SMILES string of the molecule is NC1=NCC(c2ccc(Br)c3cccnc23)N1C1CC1. The van der Waals surface area contributed by atoms with Crippen LogP contribution in [0.25, 0.3) is 10.9 Å². The summed E-state index contributed by atoms with van der Waals surface area (Å²) >= 11 is 3.60. The Hall–Kier alpha value is -1.62. The van der Waals surface area contributed by atoms with Gasteiger partial charge in [-0.15, -0.1) is 0 Å². The van der Waals surface area contributed by atoms with Gasteiger partial charge in [-0.3, -0.25) is 9.98 Å². The first kappa shape index (κ1) is 12.1. The Morgan fingerprint density at radius 1 is 1.25 bits per heavy atom. The summed E-state index contributed by atoms with van der Waals surface area (Å²) < 4.78 is 1.08. The standard InChI is InChI=1S/C15H15BrN4/c16-12-6-5-11(14-10(12)2-1-7-18-14)13-8-19-15(17)20(13)9-3-4-9/h1-2,5-7,9,13H,3-4,8H2,(H2,17,19). The highest BCUT2D eigenvalue weighted by Gasteiger charge is 2.39. The highest BCUT2D eigenvalue weighted by molar-refractivity contribution is 9.10. The quantitative estimate of drug-likeness (QED) is 0.921. The Morgan fingerprint density at radius 3 is 2.90 bits per heavy atom. The Morgan fingerprint density at radius 2 is 2.10 bits per heavy atom. The average Bonchev–Trinajstić information content (AvgIpc) is 3.23. The van der Waals surface area contributed by atoms with E-state index in [0.29, 0.717) is 12.0 Å². The second-order valence-electron chi connectivity index (χ2n) is 5.39. The van der Waals surface area contributed by atoms with Crippen molar-refractivity contribution in [1.82, 2.24) is 9.88 Å². The van der Waals surface area contributed by atoms with Crippen LogP contribution in [0.2, 0.25) is 0 Å². The molecule has 1 aromatic heterocycles. The van der Waals surface area contributed by atoms with Gasteiger partial charge in [0.25, 0.3) is 0 Å². The van der Waals surface area contributed by atoms with Crippen molar-refractivity contribution >= 4 is 32.8 Å². The van der Waals surface area contributed by atoms with E-state index < -0.39 is 0 Å². The molecular formula is C15H15BrN4. The Kier molecular flexibility index (Phi) is 2.70. The van der Waals surface area contributed by atoms with E-state index in [0.717, 1.165) is 21.9 Å². The zero-order chi connectivity index (χ0) is 13.7. The maximum absolute atomic E-state index is 6.07. The van der Waals surface area contributed by atoms with Crippen LogP contribution in [0.1, 0.15) is 24.4 Å². The number of hydrogen-bond acceptors (Lipinski definition) is 4. The van der Waals surface area contributed by atoms with Crippen LogP contribution in [-0.4, -0.2) is 28.4 Å². The maximum atomic E-state index is 6.07. The third kappa shape index (κ3) is 1.80. The molecule has 1 aliphatic carbocycles. The van der Waals surface area contributed by atoms with Gasteiger partial charge in [-0.25, -0.2) is 0 Å². The molecule has 0 amide bonds. The molecule has 1 atom stereocenters. The summed E-state index contributed by atoms with van der Waals surface area (Å²) in [5.41, 5.74) is 8.33. The van der Waals surface area contributed by atoms with Crippen LogP contribution < -0.4 is 5.73 Å². The summed E-state index contributed by atoms with van der Waals surface area (Å²) in [6.07, 6.45) is 4.28. The van der Waals surface area contributed by atoms with Crippen LogP contribution >= 0.6 is 15.9 Å². The molecule has 0 spiro atoms. The van der Waals surface area contributed by atoms with E-state index in [1.807, 2.05) is 12.3 Å². The number of nitrogens with two attached hydrogens (primary N) is 1. The van der Waals surface area contributed by atoms with Gasteiger partial charge < -0.3 is 10.6 Å². The molecule has 102 valence electrons. The van der Waals surface area contributed by atoms with Crippen LogP contribution in [0.4, 0.5) is 0 Å². The van der Waals surface area contributed by atoms with Gasteiger partial charge in [-0.2, -0.15) is 0 Å². The molecule has 2 N–H and O–H groups in total. The van der Waals surface area contributed by atoms with Gasteiger partial charge in [0.2, 0.25) is 0 Å². The number of halogens is 1. The number of aromatic nitrogens is 1. The summed E-state index contributed by atoms with van der Waals surface area (Å²) in [5, 5.41) is 1.14. The molecular weight excluding hydrogens is 316 g/mol. The van der Waals surface area contributed by atoms with Crippen molar-refractivity contribution in [2.75, 3.05) is 6.54 Å². The van der Waals surface area contributed by atoms with Crippen LogP contribution in [0, 0.1) is 0 Å². The van der Waals surface area contributed by atoms with E-state index in [2.05, 4.69) is 49.0 Å². The molecule has 5 heteroatoms. The minimum atomic E-state index is 0.230. The largest absolute Gasteiger partial charge is 0.370 e. The van der Waals surface area contributed by atoms with Crippen molar-refractivity contribution < 1.29 is 0 Å². The molecule has 0 radical (unpaired) electrons. The van der Waals surface area contributed by atoms with Crippen LogP contribution in [-0.2, 0) is 0 Å². The molecule has 0 saturated heterocycles. The molecule has 1 unspecified atom stereocenters. The van der Waals surface area contributed by atoms with Crippen LogP contribution in [0.3, 0.4) is 0 Å². The van der Waals surface area contributed by atoms with Gasteiger partial charge in [0, 0.05) is 27.7 Å². The third-order valence-corrected chi connectivity index (χ3v) is 4.76. The van der Waals surface area contributed by atoms with Crippen molar-refractivity contribution in [2.45, 2.75) is 24.9 Å². The molecule has 2 aromatic rings. The molecule has 1 fully saturated rings. The molecule has 0 bridgehead atoms. The van der Waals surface area contributed by atoms with Crippen molar-refractivity contribution in [3.05, 3.63) is 40.5 Å². The Balaban J connectivity index is 1.85. The molecule has 1 aliphatic heterocycles. The lowest BCUT2D eigenvalue weighted by atomic mass is 10.0. The van der Waals surface area contributed by atoms with Crippen molar-refractivity contribution in [3.63, 3.8) is 0 Å². The van der Waals surface area contributed by atoms with Crippen LogP contribution in [0.5, 0.6) is 0 Å². The van der Waals surface area contributed by atoms with Crippen molar-refractivity contribution in [2.24, 2.45) is 10.7 Å². The van der Waals surface area contributed by atoms with Gasteiger partial charge in [0.1, 0.15) is 0 Å². The van der Waals surface area contributed by atoms with E-state index in [9.17, 15) is 0 Å². The van der Waals surface area contributed by atoms with Gasteiger partial charge in [-0.1, -0.05) is 28.1 Å². The molecule has 1 aromatic carbocycles. The number of rotatable bonds is 2. The van der Waals surface area contributed by atoms with Gasteiger partial charge >= 0.3 is 0 Å². The summed E-state index contributed by atoms with van der Waals surface area (Å²) in [7, 11) is 0. The maximum Gasteiger partial charge on any atom is 0.192 e. The van der Waals surface area contributed by atoms with E-state index in [1.165, 1.54) is 18.4 Å². The number of benzene rings is 1. The van der Waals surface area contributed by atoms with Crippen LogP contribution in [0.15, 0.2) is 39.9 Å². The summed E-state index contributed by atoms with van der Waals surface area (Å²) in [5.74, 6) is 0.685. The number of nitrogens with zero attached hydrogens (tertiary/aromatic N) is 3. The lowest BCUT2D eigenvalue weighted by Gasteiger charge is -2.27. The van der Waals surface area contributed by atoms with Crippen molar-refractivity contribution in [3.8, 4) is 0 Å². The lowest BCUT2D eigenvalue weighted by molar-refractivity contribution is 0.339. The first-order valence-corrected chi connectivity index (χ1v) is 7.66. The zero-order valence-electron chi connectivity index (χ0n) is 11.0. The second kappa shape index (κ2) is 4.45. The molecule has 4 rings (SSSR count). The smallest absolute Gasteiger partial charge is 0.192 e. The molecule has 4 nitrogen and oxygen atoms in total. The molecule has 1 saturated carbocycles. The number of pyridine rings is 1. The minimum absolute atomic E-state index is 0.230. The molecule has 2 aliphatic rings. The van der Waals surface area contributed by atoms with E-state index in [4.69, 9.17) is 5.73 Å². The Bertz CT molecular complexity index is 708. The third-order valence-electron chi connectivity index (χ3n) is 4.07. The highest BCUT2D eigenvalue weighted by Crippen LogP contribution is 2.39. The van der Waals surface area contributed by atoms with E-state index in [-0.39, 0.29) is 6.04 Å². The molecule has 2 heterocycles. The fraction of sp³-hybridized carbons (Fsp3) is 0.333. The molecule has 20 heavy (non-hydrogen) atoms. The summed E-state index contributed by atoms with van der Waals surface area (Å²) in [6.45, 7) is 0.732.